The second-order valence-corrected chi connectivity index (χ2v) is 1.58. The first-order valence-electron chi connectivity index (χ1n) is 2.32. The van der Waals surface area contributed by atoms with Crippen molar-refractivity contribution in [2.24, 2.45) is 0 Å². The quantitative estimate of drug-likeness (QED) is 0.387. The Labute approximate surface area is 60.4 Å². The number of rotatable bonds is 0. The molecule has 0 atom stereocenters. The van der Waals surface area contributed by atoms with Crippen molar-refractivity contribution in [3.8, 4) is 0 Å². The number of aryl methyl sites for hydroxylation is 1. The largest absolute Gasteiger partial charge is 0.184 e. The van der Waals surface area contributed by atoms with E-state index in [0.29, 0.717) is 0 Å². The van der Waals surface area contributed by atoms with Gasteiger partial charge < -0.3 is 0 Å². The molecule has 0 bridgehead atoms. The second-order valence-electron chi connectivity index (χ2n) is 1.58. The normalized spacial score (nSPS) is 7.62. The van der Waals surface area contributed by atoms with Gasteiger partial charge in [0.15, 0.2) is 0 Å². The Morgan fingerprint density at radius 3 is 2.00 bits per heavy atom. The van der Waals surface area contributed by atoms with Crippen LogP contribution in [-0.2, 0) is 17.1 Å². The number of hydrogen-bond donors (Lipinski definition) is 0. The Morgan fingerprint density at radius 1 is 1.25 bits per heavy atom. The van der Waals surface area contributed by atoms with Crippen molar-refractivity contribution in [2.45, 2.75) is 6.92 Å². The van der Waals surface area contributed by atoms with Crippen LogP contribution in [0.25, 0.3) is 0 Å². The molecule has 0 unspecified atom stereocenters. The maximum absolute atomic E-state index is 2.93. The molecule has 1 aromatic rings. The topological polar surface area (TPSA) is 0 Å². The van der Waals surface area contributed by atoms with Crippen molar-refractivity contribution in [1.29, 1.82) is 0 Å². The van der Waals surface area contributed by atoms with Crippen LogP contribution in [0.4, 0.5) is 0 Å². The summed E-state index contributed by atoms with van der Waals surface area (Å²) >= 11 is 0. The summed E-state index contributed by atoms with van der Waals surface area (Å²) in [6.45, 7) is 2.06. The first-order chi connectivity index (χ1) is 3.39. The Hall–Kier alpha value is -0.261. The molecule has 0 amide bonds. The van der Waals surface area contributed by atoms with Crippen LogP contribution >= 0.6 is 0 Å². The van der Waals surface area contributed by atoms with Gasteiger partial charge in [-0.25, -0.2) is 0 Å². The molecular formula is C7H7Fe-. The zero-order chi connectivity index (χ0) is 5.11. The predicted octanol–water partition coefficient (Wildman–Crippen LogP) is 1.79. The van der Waals surface area contributed by atoms with Crippen LogP contribution in [0.3, 0.4) is 0 Å². The first-order valence-corrected chi connectivity index (χ1v) is 2.32. The van der Waals surface area contributed by atoms with E-state index >= 15 is 0 Å². The van der Waals surface area contributed by atoms with E-state index < -0.39 is 0 Å². The molecular weight excluding hydrogens is 140 g/mol. The van der Waals surface area contributed by atoms with E-state index in [1.54, 1.807) is 0 Å². The third-order valence-corrected chi connectivity index (χ3v) is 0.885. The first kappa shape index (κ1) is 7.74. The number of hydrogen-bond acceptors (Lipinski definition) is 0. The molecule has 0 nitrogen and oxygen atoms in total. The molecule has 0 aliphatic carbocycles. The second kappa shape index (κ2) is 3.71. The summed E-state index contributed by atoms with van der Waals surface area (Å²) < 4.78 is 0. The molecule has 0 fully saturated rings. The van der Waals surface area contributed by atoms with Crippen LogP contribution in [0.2, 0.25) is 0 Å². The van der Waals surface area contributed by atoms with E-state index in [1.807, 2.05) is 24.3 Å². The summed E-state index contributed by atoms with van der Waals surface area (Å²) in [5, 5.41) is 0. The minimum absolute atomic E-state index is 0. The van der Waals surface area contributed by atoms with Crippen LogP contribution in [0, 0.1) is 13.0 Å². The predicted molar refractivity (Wildman–Crippen MR) is 30.0 cm³/mol. The summed E-state index contributed by atoms with van der Waals surface area (Å²) in [4.78, 5) is 0. The number of benzene rings is 1. The van der Waals surface area contributed by atoms with E-state index in [2.05, 4.69) is 13.0 Å². The molecule has 0 aromatic heterocycles. The fraction of sp³-hybridized carbons (Fsp3) is 0.143. The Balaban J connectivity index is 0.000000490. The van der Waals surface area contributed by atoms with Gasteiger partial charge in [0.25, 0.3) is 0 Å². The molecule has 0 aliphatic rings. The average molecular weight is 147 g/mol. The fourth-order valence-corrected chi connectivity index (χ4v) is 0.470. The van der Waals surface area contributed by atoms with Gasteiger partial charge in [0, 0.05) is 17.1 Å². The molecule has 0 heterocycles. The molecule has 8 heavy (non-hydrogen) atoms. The Bertz CT molecular complexity index is 134. The SMILES string of the molecule is Cc1cc[c-]cc1.[Fe]. The average Bonchev–Trinajstić information content (AvgIpc) is 1.69. The third-order valence-electron chi connectivity index (χ3n) is 0.885. The molecule has 0 saturated heterocycles. The van der Waals surface area contributed by atoms with Gasteiger partial charge in [-0.3, -0.25) is 0 Å². The van der Waals surface area contributed by atoms with Crippen LogP contribution in [0.5, 0.6) is 0 Å². The van der Waals surface area contributed by atoms with E-state index in [0.717, 1.165) is 0 Å². The standard InChI is InChI=1S/C7H7.Fe/c1-7-5-3-2-4-6-7;/h3-6H,1H3;/q-1;. The van der Waals surface area contributed by atoms with E-state index in [1.165, 1.54) is 5.56 Å². The minimum Gasteiger partial charge on any atom is -0.184 e. The molecule has 0 saturated carbocycles. The smallest absolute Gasteiger partial charge is 0 e. The summed E-state index contributed by atoms with van der Waals surface area (Å²) in [7, 11) is 0. The zero-order valence-corrected chi connectivity index (χ0v) is 5.77. The van der Waals surface area contributed by atoms with Crippen molar-refractivity contribution in [3.05, 3.63) is 35.9 Å². The molecule has 0 N–H and O–H groups in total. The third kappa shape index (κ3) is 2.15. The Kier molecular flexibility index (Phi) is 3.59. The van der Waals surface area contributed by atoms with Gasteiger partial charge in [0.1, 0.15) is 0 Å². The maximum Gasteiger partial charge on any atom is 0 e. The van der Waals surface area contributed by atoms with Crippen LogP contribution < -0.4 is 0 Å². The molecule has 0 radical (unpaired) electrons. The van der Waals surface area contributed by atoms with Gasteiger partial charge in [0.05, 0.1) is 0 Å². The van der Waals surface area contributed by atoms with Crippen molar-refractivity contribution in [2.75, 3.05) is 0 Å². The van der Waals surface area contributed by atoms with Crippen molar-refractivity contribution in [1.82, 2.24) is 0 Å². The Morgan fingerprint density at radius 2 is 1.75 bits per heavy atom. The van der Waals surface area contributed by atoms with Gasteiger partial charge in [-0.05, 0) is 0 Å². The van der Waals surface area contributed by atoms with Crippen LogP contribution in [-0.4, -0.2) is 0 Å². The van der Waals surface area contributed by atoms with Crippen molar-refractivity contribution >= 4 is 0 Å². The van der Waals surface area contributed by atoms with Gasteiger partial charge in [-0.1, -0.05) is 6.92 Å². The van der Waals surface area contributed by atoms with Crippen molar-refractivity contribution < 1.29 is 17.1 Å². The summed E-state index contributed by atoms with van der Waals surface area (Å²) in [5.41, 5.74) is 1.29. The van der Waals surface area contributed by atoms with Gasteiger partial charge >= 0.3 is 0 Å². The van der Waals surface area contributed by atoms with Gasteiger partial charge in [-0.15, -0.1) is 0 Å². The maximum atomic E-state index is 2.93. The summed E-state index contributed by atoms with van der Waals surface area (Å²) in [6.07, 6.45) is 0. The zero-order valence-electron chi connectivity index (χ0n) is 4.66. The van der Waals surface area contributed by atoms with Crippen LogP contribution in [0.1, 0.15) is 5.56 Å². The molecule has 1 heteroatoms. The van der Waals surface area contributed by atoms with Crippen LogP contribution in [0.15, 0.2) is 24.3 Å². The van der Waals surface area contributed by atoms with E-state index in [-0.39, 0.29) is 17.1 Å². The molecule has 1 aromatic carbocycles. The monoisotopic (exact) mass is 147 g/mol. The van der Waals surface area contributed by atoms with E-state index in [4.69, 9.17) is 0 Å². The van der Waals surface area contributed by atoms with Gasteiger partial charge in [0.2, 0.25) is 0 Å². The molecule has 1 rings (SSSR count). The molecule has 0 aliphatic heterocycles. The summed E-state index contributed by atoms with van der Waals surface area (Å²) in [6, 6.07) is 10.8. The minimum atomic E-state index is 0. The van der Waals surface area contributed by atoms with Crippen molar-refractivity contribution in [3.63, 3.8) is 0 Å². The fourth-order valence-electron chi connectivity index (χ4n) is 0.470. The molecule has 44 valence electrons. The summed E-state index contributed by atoms with van der Waals surface area (Å²) in [5.74, 6) is 0. The van der Waals surface area contributed by atoms with Gasteiger partial charge in [-0.2, -0.15) is 35.9 Å². The van der Waals surface area contributed by atoms with E-state index in [9.17, 15) is 0 Å². The molecule has 0 spiro atoms.